The summed E-state index contributed by atoms with van der Waals surface area (Å²) in [6, 6.07) is 5.76. The molecule has 0 aliphatic heterocycles. The summed E-state index contributed by atoms with van der Waals surface area (Å²) in [6.45, 7) is 5.29. The number of methoxy groups -OCH3 is 1. The highest BCUT2D eigenvalue weighted by Gasteiger charge is 2.22. The fraction of sp³-hybridized carbons (Fsp3) is 0.381. The average Bonchev–Trinajstić information content (AvgIpc) is 3.22. The van der Waals surface area contributed by atoms with E-state index in [-0.39, 0.29) is 12.4 Å². The second-order valence-electron chi connectivity index (χ2n) is 7.45. The summed E-state index contributed by atoms with van der Waals surface area (Å²) in [4.78, 5) is 30.9. The molecular weight excluding hydrogens is 389 g/mol. The van der Waals surface area contributed by atoms with Crippen molar-refractivity contribution in [1.29, 1.82) is 0 Å². The van der Waals surface area contributed by atoms with Crippen molar-refractivity contribution in [2.24, 2.45) is 7.05 Å². The fourth-order valence-electron chi connectivity index (χ4n) is 3.86. The maximum absolute atomic E-state index is 13.4. The number of aryl methyl sites for hydroxylation is 3. The lowest BCUT2D eigenvalue weighted by Gasteiger charge is -2.09. The molecule has 0 saturated heterocycles. The van der Waals surface area contributed by atoms with E-state index in [0.29, 0.717) is 35.7 Å². The van der Waals surface area contributed by atoms with Crippen LogP contribution < -0.4 is 11.2 Å². The van der Waals surface area contributed by atoms with Crippen LogP contribution in [0.5, 0.6) is 0 Å². The van der Waals surface area contributed by atoms with Crippen LogP contribution in [0.4, 0.5) is 4.39 Å². The summed E-state index contributed by atoms with van der Waals surface area (Å²) in [5.41, 5.74) is 2.41. The van der Waals surface area contributed by atoms with Crippen molar-refractivity contribution in [3.05, 3.63) is 67.9 Å². The number of aromatic nitrogens is 5. The van der Waals surface area contributed by atoms with Crippen molar-refractivity contribution in [3.63, 3.8) is 0 Å². The molecule has 9 heteroatoms. The second-order valence-corrected chi connectivity index (χ2v) is 7.45. The minimum atomic E-state index is -0.460. The van der Waals surface area contributed by atoms with Crippen LogP contribution in [-0.2, 0) is 24.9 Å². The predicted molar refractivity (Wildman–Crippen MR) is 112 cm³/mol. The molecule has 3 heterocycles. The van der Waals surface area contributed by atoms with Crippen LogP contribution in [-0.4, -0.2) is 36.8 Å². The second kappa shape index (κ2) is 7.56. The zero-order chi connectivity index (χ0) is 21.6. The number of ether oxygens (including phenoxy) is 1. The van der Waals surface area contributed by atoms with Crippen LogP contribution in [0.25, 0.3) is 16.9 Å². The molecule has 0 N–H and O–H groups in total. The van der Waals surface area contributed by atoms with E-state index in [0.717, 1.165) is 17.8 Å². The van der Waals surface area contributed by atoms with Gasteiger partial charge in [0.1, 0.15) is 5.82 Å². The Balaban J connectivity index is 1.95. The molecule has 0 fully saturated rings. The van der Waals surface area contributed by atoms with Crippen molar-refractivity contribution < 1.29 is 9.13 Å². The van der Waals surface area contributed by atoms with Gasteiger partial charge in [-0.05, 0) is 38.0 Å². The lowest BCUT2D eigenvalue weighted by molar-refractivity contribution is 0.190. The Morgan fingerprint density at radius 3 is 2.43 bits per heavy atom. The zero-order valence-electron chi connectivity index (χ0n) is 17.5. The molecule has 4 rings (SSSR count). The van der Waals surface area contributed by atoms with Gasteiger partial charge in [0.2, 0.25) is 5.78 Å². The van der Waals surface area contributed by atoms with E-state index >= 15 is 0 Å². The van der Waals surface area contributed by atoms with E-state index in [9.17, 15) is 14.0 Å². The van der Waals surface area contributed by atoms with Crippen molar-refractivity contribution in [3.8, 4) is 0 Å². The van der Waals surface area contributed by atoms with Crippen LogP contribution in [0.15, 0.2) is 33.9 Å². The van der Waals surface area contributed by atoms with E-state index in [1.807, 2.05) is 22.8 Å². The zero-order valence-corrected chi connectivity index (χ0v) is 17.5. The van der Waals surface area contributed by atoms with Crippen LogP contribution >= 0.6 is 0 Å². The Morgan fingerprint density at radius 2 is 1.77 bits per heavy atom. The Kier molecular flexibility index (Phi) is 5.07. The van der Waals surface area contributed by atoms with Crippen molar-refractivity contribution in [1.82, 2.24) is 23.1 Å². The quantitative estimate of drug-likeness (QED) is 0.453. The lowest BCUT2D eigenvalue weighted by atomic mass is 10.2. The first kappa shape index (κ1) is 20.1. The highest BCUT2D eigenvalue weighted by atomic mass is 19.1. The highest BCUT2D eigenvalue weighted by molar-refractivity contribution is 5.76. The minimum Gasteiger partial charge on any atom is -0.385 e. The Hall–Kier alpha value is -3.20. The van der Waals surface area contributed by atoms with Crippen molar-refractivity contribution >= 4 is 16.9 Å². The van der Waals surface area contributed by atoms with E-state index < -0.39 is 11.2 Å². The van der Waals surface area contributed by atoms with Crippen molar-refractivity contribution in [2.45, 2.75) is 33.4 Å². The van der Waals surface area contributed by atoms with Gasteiger partial charge in [0.25, 0.3) is 5.56 Å². The number of imidazole rings is 2. The molecule has 3 aromatic heterocycles. The Bertz CT molecular complexity index is 1360. The number of fused-ring (bicyclic) bond motifs is 3. The molecule has 0 saturated carbocycles. The van der Waals surface area contributed by atoms with Gasteiger partial charge in [-0.3, -0.25) is 18.3 Å². The maximum atomic E-state index is 13.4. The number of hydrogen-bond donors (Lipinski definition) is 0. The molecule has 0 aliphatic rings. The molecule has 1 aromatic carbocycles. The minimum absolute atomic E-state index is 0.0571. The Morgan fingerprint density at radius 1 is 1.07 bits per heavy atom. The third-order valence-corrected chi connectivity index (χ3v) is 5.61. The first-order chi connectivity index (χ1) is 14.3. The van der Waals surface area contributed by atoms with Gasteiger partial charge in [0.15, 0.2) is 11.2 Å². The smallest absolute Gasteiger partial charge is 0.332 e. The first-order valence-electron chi connectivity index (χ1n) is 9.76. The molecule has 0 atom stereocenters. The maximum Gasteiger partial charge on any atom is 0.332 e. The van der Waals surface area contributed by atoms with Gasteiger partial charge in [0, 0.05) is 38.7 Å². The van der Waals surface area contributed by atoms with Crippen LogP contribution in [0.3, 0.4) is 0 Å². The van der Waals surface area contributed by atoms with E-state index in [1.54, 1.807) is 26.3 Å². The molecule has 30 heavy (non-hydrogen) atoms. The molecule has 0 radical (unpaired) electrons. The molecule has 8 nitrogen and oxygen atoms in total. The summed E-state index contributed by atoms with van der Waals surface area (Å²) < 4.78 is 24.8. The third kappa shape index (κ3) is 3.06. The summed E-state index contributed by atoms with van der Waals surface area (Å²) in [6.07, 6.45) is 0.804. The van der Waals surface area contributed by atoms with Gasteiger partial charge in [-0.2, -0.15) is 4.98 Å². The van der Waals surface area contributed by atoms with Gasteiger partial charge in [0.05, 0.1) is 6.54 Å². The molecular formula is C21H24FN5O3. The summed E-state index contributed by atoms with van der Waals surface area (Å²) in [5, 5.41) is 0. The largest absolute Gasteiger partial charge is 0.385 e. The SMILES string of the molecule is COCCCn1c(C)c(C)n2c3c(=O)n(Cc4ccc(F)cc4)c(=O)n(C)c3nc12. The van der Waals surface area contributed by atoms with E-state index in [4.69, 9.17) is 4.74 Å². The summed E-state index contributed by atoms with van der Waals surface area (Å²) in [5.74, 6) is 0.260. The summed E-state index contributed by atoms with van der Waals surface area (Å²) in [7, 11) is 3.27. The average molecular weight is 413 g/mol. The number of rotatable bonds is 6. The van der Waals surface area contributed by atoms with Gasteiger partial charge in [-0.15, -0.1) is 0 Å². The standard InChI is InChI=1S/C21H24FN5O3/c1-13-14(2)27-17-18(23-20(27)25(13)10-5-11-30-4)24(3)21(29)26(19(17)28)12-15-6-8-16(22)9-7-15/h6-9H,5,10-12H2,1-4H3. The number of benzene rings is 1. The summed E-state index contributed by atoms with van der Waals surface area (Å²) >= 11 is 0. The number of halogens is 1. The van der Waals surface area contributed by atoms with Gasteiger partial charge in [-0.1, -0.05) is 12.1 Å². The van der Waals surface area contributed by atoms with Crippen LogP contribution in [0, 0.1) is 19.7 Å². The highest BCUT2D eigenvalue weighted by Crippen LogP contribution is 2.21. The van der Waals surface area contributed by atoms with E-state index in [1.165, 1.54) is 21.3 Å². The predicted octanol–water partition coefficient (Wildman–Crippen LogP) is 1.99. The van der Waals surface area contributed by atoms with Crippen LogP contribution in [0.2, 0.25) is 0 Å². The molecule has 0 aliphatic carbocycles. The number of hydrogen-bond acceptors (Lipinski definition) is 4. The lowest BCUT2D eigenvalue weighted by Crippen LogP contribution is -2.39. The topological polar surface area (TPSA) is 75.5 Å². The molecule has 0 bridgehead atoms. The first-order valence-corrected chi connectivity index (χ1v) is 9.76. The molecule has 0 spiro atoms. The van der Waals surface area contributed by atoms with Crippen molar-refractivity contribution in [2.75, 3.05) is 13.7 Å². The normalized spacial score (nSPS) is 11.8. The van der Waals surface area contributed by atoms with Gasteiger partial charge in [-0.25, -0.2) is 9.18 Å². The van der Waals surface area contributed by atoms with Crippen LogP contribution in [0.1, 0.15) is 23.4 Å². The van der Waals surface area contributed by atoms with Gasteiger partial charge >= 0.3 is 5.69 Å². The molecule has 0 unspecified atom stereocenters. The molecule has 0 amide bonds. The fourth-order valence-corrected chi connectivity index (χ4v) is 3.86. The van der Waals surface area contributed by atoms with E-state index in [2.05, 4.69) is 4.98 Å². The monoisotopic (exact) mass is 413 g/mol. The molecule has 4 aromatic rings. The Labute approximate surface area is 171 Å². The molecule has 158 valence electrons. The number of nitrogens with zero attached hydrogens (tertiary/aromatic N) is 5. The van der Waals surface area contributed by atoms with Gasteiger partial charge < -0.3 is 9.30 Å². The third-order valence-electron chi connectivity index (χ3n) is 5.61.